The van der Waals surface area contributed by atoms with Gasteiger partial charge in [-0.1, -0.05) is 48.5 Å². The van der Waals surface area contributed by atoms with Crippen LogP contribution in [0.15, 0.2) is 83.7 Å². The van der Waals surface area contributed by atoms with Crippen molar-refractivity contribution in [3.63, 3.8) is 0 Å². The van der Waals surface area contributed by atoms with Gasteiger partial charge in [-0.3, -0.25) is 4.79 Å². The SMILES string of the molecule is O=c1c2ccccc2c(Cc2ccc(F)cc2)nn1C1CCC[NH+](CCCOc2ccccc2)CC1.[Cl-]. The van der Waals surface area contributed by atoms with Crippen molar-refractivity contribution < 1.29 is 26.4 Å². The predicted molar refractivity (Wildman–Crippen MR) is 140 cm³/mol. The van der Waals surface area contributed by atoms with Gasteiger partial charge in [0.05, 0.1) is 43.4 Å². The van der Waals surface area contributed by atoms with Crippen LogP contribution in [-0.2, 0) is 6.42 Å². The Labute approximate surface area is 223 Å². The molecule has 5 nitrogen and oxygen atoms in total. The molecule has 5 rings (SSSR count). The molecule has 0 bridgehead atoms. The van der Waals surface area contributed by atoms with Crippen LogP contribution in [0.2, 0.25) is 0 Å². The fraction of sp³-hybridized carbons (Fsp3) is 0.333. The molecule has 3 aromatic carbocycles. The van der Waals surface area contributed by atoms with Crippen molar-refractivity contribution in [2.24, 2.45) is 0 Å². The van der Waals surface area contributed by atoms with Gasteiger partial charge in [-0.2, -0.15) is 5.10 Å². The van der Waals surface area contributed by atoms with Gasteiger partial charge >= 0.3 is 0 Å². The first-order chi connectivity index (χ1) is 17.7. The van der Waals surface area contributed by atoms with Crippen molar-refractivity contribution in [3.8, 4) is 5.75 Å². The Kier molecular flexibility index (Phi) is 9.31. The fourth-order valence-corrected chi connectivity index (χ4v) is 5.20. The van der Waals surface area contributed by atoms with E-state index in [2.05, 4.69) is 0 Å². The summed E-state index contributed by atoms with van der Waals surface area (Å²) in [7, 11) is 0. The van der Waals surface area contributed by atoms with Crippen molar-refractivity contribution in [1.29, 1.82) is 0 Å². The van der Waals surface area contributed by atoms with E-state index < -0.39 is 0 Å². The minimum absolute atomic E-state index is 0. The average Bonchev–Trinajstić information content (AvgIpc) is 3.16. The molecular formula is C30H33ClFN3O2. The minimum Gasteiger partial charge on any atom is -1.00 e. The molecule has 4 aromatic rings. The third-order valence-corrected chi connectivity index (χ3v) is 7.12. The second-order valence-corrected chi connectivity index (χ2v) is 9.65. The van der Waals surface area contributed by atoms with Gasteiger partial charge in [-0.15, -0.1) is 0 Å². The van der Waals surface area contributed by atoms with Crippen LogP contribution < -0.4 is 27.6 Å². The van der Waals surface area contributed by atoms with Crippen LogP contribution in [0.1, 0.15) is 43.0 Å². The summed E-state index contributed by atoms with van der Waals surface area (Å²) in [6, 6.07) is 24.3. The third-order valence-electron chi connectivity index (χ3n) is 7.12. The van der Waals surface area contributed by atoms with Crippen LogP contribution in [0.3, 0.4) is 0 Å². The molecule has 0 amide bonds. The number of rotatable bonds is 8. The molecule has 37 heavy (non-hydrogen) atoms. The summed E-state index contributed by atoms with van der Waals surface area (Å²) in [5, 5.41) is 6.48. The molecule has 194 valence electrons. The molecule has 1 aliphatic rings. The number of fused-ring (bicyclic) bond motifs is 1. The lowest BCUT2D eigenvalue weighted by Gasteiger charge is -2.19. The second-order valence-electron chi connectivity index (χ2n) is 9.65. The van der Waals surface area contributed by atoms with Crippen LogP contribution in [0.4, 0.5) is 4.39 Å². The lowest BCUT2D eigenvalue weighted by Crippen LogP contribution is -3.11. The van der Waals surface area contributed by atoms with E-state index >= 15 is 0 Å². The number of benzene rings is 3. The Morgan fingerprint density at radius 3 is 2.43 bits per heavy atom. The quantitative estimate of drug-likeness (QED) is 0.355. The molecule has 2 unspecified atom stereocenters. The predicted octanol–water partition coefficient (Wildman–Crippen LogP) is 1.21. The average molecular weight is 522 g/mol. The Balaban J connectivity index is 0.00000320. The first-order valence-electron chi connectivity index (χ1n) is 12.9. The summed E-state index contributed by atoms with van der Waals surface area (Å²) >= 11 is 0. The summed E-state index contributed by atoms with van der Waals surface area (Å²) in [6.07, 6.45) is 4.51. The molecule has 2 heterocycles. The number of hydrogen-bond acceptors (Lipinski definition) is 3. The normalized spacial score (nSPS) is 17.6. The number of nitrogens with one attached hydrogen (secondary N) is 1. The summed E-state index contributed by atoms with van der Waals surface area (Å²) < 4.78 is 21.0. The Bertz CT molecular complexity index is 1340. The largest absolute Gasteiger partial charge is 1.00 e. The Morgan fingerprint density at radius 2 is 1.65 bits per heavy atom. The van der Waals surface area contributed by atoms with Gasteiger partial charge in [0.1, 0.15) is 11.6 Å². The first-order valence-corrected chi connectivity index (χ1v) is 12.9. The molecule has 0 saturated carbocycles. The molecule has 1 N–H and O–H groups in total. The van der Waals surface area contributed by atoms with Crippen molar-refractivity contribution in [2.45, 2.75) is 38.1 Å². The zero-order chi connectivity index (χ0) is 24.7. The maximum absolute atomic E-state index is 13.4. The van der Waals surface area contributed by atoms with E-state index in [4.69, 9.17) is 9.84 Å². The number of aromatic nitrogens is 2. The molecule has 1 aliphatic heterocycles. The van der Waals surface area contributed by atoms with Crippen molar-refractivity contribution in [2.75, 3.05) is 26.2 Å². The van der Waals surface area contributed by atoms with Gasteiger partial charge in [0.15, 0.2) is 0 Å². The fourth-order valence-electron chi connectivity index (χ4n) is 5.20. The number of hydrogen-bond donors (Lipinski definition) is 1. The number of nitrogens with zero attached hydrogens (tertiary/aromatic N) is 2. The maximum Gasteiger partial charge on any atom is 0.274 e. The van der Waals surface area contributed by atoms with Gasteiger partial charge < -0.3 is 22.0 Å². The number of ether oxygens (including phenoxy) is 1. The number of para-hydroxylation sites is 1. The molecule has 0 aliphatic carbocycles. The zero-order valence-corrected chi connectivity index (χ0v) is 21.7. The van der Waals surface area contributed by atoms with E-state index in [-0.39, 0.29) is 29.8 Å². The third kappa shape index (κ3) is 6.76. The first kappa shape index (κ1) is 26.8. The zero-order valence-electron chi connectivity index (χ0n) is 20.9. The van der Waals surface area contributed by atoms with Gasteiger partial charge in [-0.05, 0) is 48.7 Å². The maximum atomic E-state index is 13.4. The Hall–Kier alpha value is -3.22. The number of likely N-dealkylation sites (tertiary alicyclic amines) is 1. The van der Waals surface area contributed by atoms with Crippen LogP contribution in [0, 0.1) is 5.82 Å². The molecule has 7 heteroatoms. The second kappa shape index (κ2) is 12.8. The van der Waals surface area contributed by atoms with E-state index in [0.29, 0.717) is 11.8 Å². The smallest absolute Gasteiger partial charge is 0.274 e. The summed E-state index contributed by atoms with van der Waals surface area (Å²) in [5.74, 6) is 0.667. The standard InChI is InChI=1S/C30H32FN3O2.ClH/c31-24-15-13-23(14-16-24)22-29-27-11-4-5-12-28(27)30(35)34(32-29)25-8-6-18-33(20-17-25)19-7-21-36-26-9-2-1-3-10-26;/h1-5,9-16,25H,6-8,17-22H2;1H. The van der Waals surface area contributed by atoms with Crippen molar-refractivity contribution >= 4 is 10.8 Å². The van der Waals surface area contributed by atoms with Crippen molar-refractivity contribution in [3.05, 3.63) is 106 Å². The molecule has 0 radical (unpaired) electrons. The van der Waals surface area contributed by atoms with Crippen LogP contribution in [0.5, 0.6) is 5.75 Å². The summed E-state index contributed by atoms with van der Waals surface area (Å²) in [4.78, 5) is 15.0. The van der Waals surface area contributed by atoms with E-state index in [9.17, 15) is 9.18 Å². The summed E-state index contributed by atoms with van der Waals surface area (Å²) in [6.45, 7) is 3.90. The van der Waals surface area contributed by atoms with Gasteiger partial charge in [0.2, 0.25) is 0 Å². The number of quaternary nitrogens is 1. The van der Waals surface area contributed by atoms with E-state index in [1.165, 1.54) is 12.1 Å². The monoisotopic (exact) mass is 521 g/mol. The van der Waals surface area contributed by atoms with Gasteiger partial charge in [0.25, 0.3) is 5.56 Å². The lowest BCUT2D eigenvalue weighted by molar-refractivity contribution is -0.899. The molecule has 2 atom stereocenters. The summed E-state index contributed by atoms with van der Waals surface area (Å²) in [5.41, 5.74) is 1.83. The highest BCUT2D eigenvalue weighted by molar-refractivity contribution is 5.83. The topological polar surface area (TPSA) is 48.6 Å². The van der Waals surface area contributed by atoms with E-state index in [0.717, 1.165) is 74.3 Å². The highest BCUT2D eigenvalue weighted by atomic mass is 35.5. The molecule has 1 fully saturated rings. The van der Waals surface area contributed by atoms with Crippen molar-refractivity contribution in [1.82, 2.24) is 9.78 Å². The minimum atomic E-state index is -0.251. The van der Waals surface area contributed by atoms with Gasteiger partial charge in [-0.25, -0.2) is 9.07 Å². The lowest BCUT2D eigenvalue weighted by atomic mass is 10.0. The molecule has 1 aromatic heterocycles. The van der Waals surface area contributed by atoms with Crippen LogP contribution >= 0.6 is 0 Å². The molecule has 1 saturated heterocycles. The van der Waals surface area contributed by atoms with Crippen LogP contribution in [-0.4, -0.2) is 36.0 Å². The molecule has 0 spiro atoms. The highest BCUT2D eigenvalue weighted by Gasteiger charge is 2.24. The highest BCUT2D eigenvalue weighted by Crippen LogP contribution is 2.22. The van der Waals surface area contributed by atoms with Gasteiger partial charge in [0, 0.05) is 24.6 Å². The Morgan fingerprint density at radius 1 is 0.919 bits per heavy atom. The van der Waals surface area contributed by atoms with E-state index in [1.54, 1.807) is 21.7 Å². The molecular weight excluding hydrogens is 489 g/mol. The van der Waals surface area contributed by atoms with E-state index in [1.807, 2.05) is 54.6 Å². The number of halogens is 2. The van der Waals surface area contributed by atoms with Crippen LogP contribution in [0.25, 0.3) is 10.8 Å².